The number of benzene rings is 1. The monoisotopic (exact) mass is 361 g/mol. The highest BCUT2D eigenvalue weighted by atomic mass is 35.5. The summed E-state index contributed by atoms with van der Waals surface area (Å²) in [5, 5.41) is 8.02. The van der Waals surface area contributed by atoms with Crippen LogP contribution in [0.3, 0.4) is 0 Å². The van der Waals surface area contributed by atoms with Crippen LogP contribution in [0.5, 0.6) is 0 Å². The Hall–Kier alpha value is -1.40. The van der Waals surface area contributed by atoms with Crippen molar-refractivity contribution >= 4 is 12.4 Å². The third-order valence-electron chi connectivity index (χ3n) is 5.37. The van der Waals surface area contributed by atoms with Crippen LogP contribution in [-0.4, -0.2) is 64.9 Å². The van der Waals surface area contributed by atoms with Crippen molar-refractivity contribution in [1.82, 2.24) is 24.9 Å². The van der Waals surface area contributed by atoms with Gasteiger partial charge in [-0.05, 0) is 31.0 Å². The zero-order valence-electron chi connectivity index (χ0n) is 14.9. The Morgan fingerprint density at radius 2 is 1.92 bits per heavy atom. The molecule has 1 aromatic heterocycles. The SMILES string of the molecule is Cc1ccccc1-n1nccc1CN1CCC(N2CCNCC2)C1.Cl. The predicted molar refractivity (Wildman–Crippen MR) is 104 cm³/mol. The van der Waals surface area contributed by atoms with Crippen LogP contribution in [0.4, 0.5) is 0 Å². The first-order valence-electron chi connectivity index (χ1n) is 9.07. The summed E-state index contributed by atoms with van der Waals surface area (Å²) >= 11 is 0. The molecule has 2 aliphatic rings. The number of para-hydroxylation sites is 1. The van der Waals surface area contributed by atoms with Gasteiger partial charge in [-0.3, -0.25) is 9.80 Å². The molecule has 2 aliphatic heterocycles. The van der Waals surface area contributed by atoms with Gasteiger partial charge in [0.25, 0.3) is 0 Å². The van der Waals surface area contributed by atoms with E-state index in [1.54, 1.807) is 0 Å². The number of hydrogen-bond acceptors (Lipinski definition) is 4. The molecule has 0 bridgehead atoms. The summed E-state index contributed by atoms with van der Waals surface area (Å²) in [6.45, 7) is 10.2. The number of hydrogen-bond donors (Lipinski definition) is 1. The van der Waals surface area contributed by atoms with Gasteiger partial charge < -0.3 is 5.32 Å². The molecule has 1 unspecified atom stereocenters. The van der Waals surface area contributed by atoms with Crippen LogP contribution in [0.1, 0.15) is 17.7 Å². The molecule has 1 atom stereocenters. The number of nitrogens with one attached hydrogen (secondary N) is 1. The molecule has 1 N–H and O–H groups in total. The molecule has 136 valence electrons. The minimum absolute atomic E-state index is 0. The molecular formula is C19H28ClN5. The lowest BCUT2D eigenvalue weighted by Crippen LogP contribution is -2.49. The summed E-state index contributed by atoms with van der Waals surface area (Å²) in [4.78, 5) is 5.24. The van der Waals surface area contributed by atoms with Gasteiger partial charge in [0, 0.05) is 58.1 Å². The molecule has 0 radical (unpaired) electrons. The fraction of sp³-hybridized carbons (Fsp3) is 0.526. The van der Waals surface area contributed by atoms with Crippen LogP contribution in [0.2, 0.25) is 0 Å². The van der Waals surface area contributed by atoms with Gasteiger partial charge in [0.15, 0.2) is 0 Å². The van der Waals surface area contributed by atoms with Gasteiger partial charge in [0.1, 0.15) is 0 Å². The van der Waals surface area contributed by atoms with E-state index < -0.39 is 0 Å². The number of rotatable bonds is 4. The van der Waals surface area contributed by atoms with E-state index in [2.05, 4.69) is 62.2 Å². The molecule has 6 heteroatoms. The highest BCUT2D eigenvalue weighted by Crippen LogP contribution is 2.21. The van der Waals surface area contributed by atoms with Crippen LogP contribution in [0.15, 0.2) is 36.5 Å². The molecule has 2 fully saturated rings. The van der Waals surface area contributed by atoms with E-state index >= 15 is 0 Å². The Labute approximate surface area is 156 Å². The van der Waals surface area contributed by atoms with Crippen LogP contribution < -0.4 is 5.32 Å². The van der Waals surface area contributed by atoms with Gasteiger partial charge in [-0.25, -0.2) is 4.68 Å². The van der Waals surface area contributed by atoms with Crippen LogP contribution in [0.25, 0.3) is 5.69 Å². The molecule has 3 heterocycles. The number of aromatic nitrogens is 2. The van der Waals surface area contributed by atoms with Gasteiger partial charge in [-0.15, -0.1) is 12.4 Å². The van der Waals surface area contributed by atoms with E-state index in [0.717, 1.165) is 25.7 Å². The second kappa shape index (κ2) is 8.32. The largest absolute Gasteiger partial charge is 0.314 e. The van der Waals surface area contributed by atoms with E-state index in [9.17, 15) is 0 Å². The van der Waals surface area contributed by atoms with Crippen LogP contribution in [0, 0.1) is 6.92 Å². The predicted octanol–water partition coefficient (Wildman–Crippen LogP) is 2.08. The topological polar surface area (TPSA) is 36.3 Å². The minimum atomic E-state index is 0. The average Bonchev–Trinajstić information content (AvgIpc) is 3.26. The first kappa shape index (κ1) is 18.4. The zero-order valence-corrected chi connectivity index (χ0v) is 15.7. The highest BCUT2D eigenvalue weighted by Gasteiger charge is 2.28. The van der Waals surface area contributed by atoms with Crippen molar-refractivity contribution in [1.29, 1.82) is 0 Å². The molecule has 0 aliphatic carbocycles. The molecule has 2 aromatic rings. The van der Waals surface area contributed by atoms with Crippen molar-refractivity contribution < 1.29 is 0 Å². The number of piperazine rings is 1. The van der Waals surface area contributed by atoms with Crippen LogP contribution in [-0.2, 0) is 6.54 Å². The minimum Gasteiger partial charge on any atom is -0.314 e. The summed E-state index contributed by atoms with van der Waals surface area (Å²) < 4.78 is 2.10. The second-order valence-electron chi connectivity index (χ2n) is 6.98. The Morgan fingerprint density at radius 1 is 1.12 bits per heavy atom. The molecule has 0 amide bonds. The average molecular weight is 362 g/mol. The maximum Gasteiger partial charge on any atom is 0.0678 e. The van der Waals surface area contributed by atoms with Gasteiger partial charge in [0.05, 0.1) is 11.4 Å². The first-order chi connectivity index (χ1) is 11.8. The van der Waals surface area contributed by atoms with Gasteiger partial charge >= 0.3 is 0 Å². The van der Waals surface area contributed by atoms with E-state index in [1.165, 1.54) is 49.5 Å². The Kier molecular flexibility index (Phi) is 6.12. The summed E-state index contributed by atoms with van der Waals surface area (Å²) in [5.74, 6) is 0. The van der Waals surface area contributed by atoms with Crippen molar-refractivity contribution in [3.8, 4) is 5.69 Å². The number of likely N-dealkylation sites (tertiary alicyclic amines) is 1. The molecule has 2 saturated heterocycles. The molecule has 4 rings (SSSR count). The Morgan fingerprint density at radius 3 is 2.72 bits per heavy atom. The normalized spacial score (nSPS) is 22.0. The summed E-state index contributed by atoms with van der Waals surface area (Å²) in [7, 11) is 0. The fourth-order valence-electron chi connectivity index (χ4n) is 4.00. The fourth-order valence-corrected chi connectivity index (χ4v) is 4.00. The quantitative estimate of drug-likeness (QED) is 0.904. The summed E-state index contributed by atoms with van der Waals surface area (Å²) in [6, 6.07) is 11.4. The van der Waals surface area contributed by atoms with Gasteiger partial charge in [0.2, 0.25) is 0 Å². The molecule has 0 saturated carbocycles. The second-order valence-corrected chi connectivity index (χ2v) is 6.98. The first-order valence-corrected chi connectivity index (χ1v) is 9.07. The molecule has 1 aromatic carbocycles. The zero-order chi connectivity index (χ0) is 16.4. The smallest absolute Gasteiger partial charge is 0.0678 e. The molecule has 0 spiro atoms. The van der Waals surface area contributed by atoms with Crippen LogP contribution >= 0.6 is 12.4 Å². The third kappa shape index (κ3) is 4.06. The lowest BCUT2D eigenvalue weighted by Gasteiger charge is -2.32. The van der Waals surface area contributed by atoms with Gasteiger partial charge in [-0.2, -0.15) is 5.10 Å². The number of halogens is 1. The molecular weight excluding hydrogens is 334 g/mol. The summed E-state index contributed by atoms with van der Waals surface area (Å²) in [5.41, 5.74) is 3.74. The van der Waals surface area contributed by atoms with Crippen molar-refractivity contribution in [2.45, 2.75) is 25.9 Å². The molecule has 5 nitrogen and oxygen atoms in total. The van der Waals surface area contributed by atoms with Crippen molar-refractivity contribution in [2.24, 2.45) is 0 Å². The molecule has 25 heavy (non-hydrogen) atoms. The highest BCUT2D eigenvalue weighted by molar-refractivity contribution is 5.85. The van der Waals surface area contributed by atoms with E-state index in [-0.39, 0.29) is 12.4 Å². The number of aryl methyl sites for hydroxylation is 1. The summed E-state index contributed by atoms with van der Waals surface area (Å²) in [6.07, 6.45) is 3.21. The Balaban J connectivity index is 0.00000182. The standard InChI is InChI=1S/C19H27N5.ClH/c1-16-4-2-3-5-19(16)24-18(6-8-21-24)15-22-11-7-17(14-22)23-12-9-20-10-13-23;/h2-6,8,17,20H,7,9-15H2,1H3;1H. The Bertz CT molecular complexity index is 680. The third-order valence-corrected chi connectivity index (χ3v) is 5.37. The maximum absolute atomic E-state index is 4.57. The van der Waals surface area contributed by atoms with Crippen molar-refractivity contribution in [3.63, 3.8) is 0 Å². The van der Waals surface area contributed by atoms with Crippen molar-refractivity contribution in [2.75, 3.05) is 39.3 Å². The van der Waals surface area contributed by atoms with E-state index in [4.69, 9.17) is 0 Å². The lowest BCUT2D eigenvalue weighted by molar-refractivity contribution is 0.170. The van der Waals surface area contributed by atoms with E-state index in [1.807, 2.05) is 6.20 Å². The van der Waals surface area contributed by atoms with Crippen molar-refractivity contribution in [3.05, 3.63) is 47.8 Å². The van der Waals surface area contributed by atoms with E-state index in [0.29, 0.717) is 0 Å². The lowest BCUT2D eigenvalue weighted by atomic mass is 10.2. The maximum atomic E-state index is 4.57. The van der Waals surface area contributed by atoms with Gasteiger partial charge in [-0.1, -0.05) is 18.2 Å². The number of nitrogens with zero attached hydrogens (tertiary/aromatic N) is 4.